The number of rotatable bonds is 6. The Balaban J connectivity index is 1.48. The minimum atomic E-state index is -0.0385. The molecule has 1 N–H and O–H groups in total. The van der Waals surface area contributed by atoms with E-state index >= 15 is 0 Å². The maximum Gasteiger partial charge on any atom is 0.259 e. The van der Waals surface area contributed by atoms with Crippen molar-refractivity contribution in [2.24, 2.45) is 0 Å². The van der Waals surface area contributed by atoms with Crippen LogP contribution < -0.4 is 5.32 Å². The largest absolute Gasteiger partial charge is 0.351 e. The zero-order valence-electron chi connectivity index (χ0n) is 13.4. The lowest BCUT2D eigenvalue weighted by atomic mass is 10.2. The molecule has 2 aromatic heterocycles. The number of nitrogens with one attached hydrogen (secondary N) is 1. The Morgan fingerprint density at radius 2 is 2.20 bits per heavy atom. The van der Waals surface area contributed by atoms with Gasteiger partial charge >= 0.3 is 0 Å². The Morgan fingerprint density at radius 1 is 1.32 bits per heavy atom. The number of hydrogen-bond donors (Lipinski definition) is 1. The highest BCUT2D eigenvalue weighted by molar-refractivity contribution is 9.10. The van der Waals surface area contributed by atoms with Crippen molar-refractivity contribution in [2.75, 3.05) is 5.75 Å². The summed E-state index contributed by atoms with van der Waals surface area (Å²) < 4.78 is 6.09. The van der Waals surface area contributed by atoms with Gasteiger partial charge in [-0.05, 0) is 36.8 Å². The van der Waals surface area contributed by atoms with Crippen LogP contribution in [-0.2, 0) is 11.3 Å². The molecule has 128 valence electrons. The van der Waals surface area contributed by atoms with Crippen LogP contribution in [0.25, 0.3) is 11.5 Å². The van der Waals surface area contributed by atoms with Crippen molar-refractivity contribution in [3.05, 3.63) is 58.5 Å². The van der Waals surface area contributed by atoms with Crippen LogP contribution in [0, 0.1) is 6.92 Å². The number of nitrogens with zero attached hydrogens (tertiary/aromatic N) is 3. The van der Waals surface area contributed by atoms with Crippen molar-refractivity contribution < 1.29 is 9.32 Å². The molecular weight excluding hydrogens is 404 g/mol. The van der Waals surface area contributed by atoms with Gasteiger partial charge in [0.2, 0.25) is 5.91 Å². The lowest BCUT2D eigenvalue weighted by molar-refractivity contribution is -0.118. The second-order valence-electron chi connectivity index (χ2n) is 5.23. The molecule has 0 aliphatic carbocycles. The van der Waals surface area contributed by atoms with Gasteiger partial charge in [0.25, 0.3) is 5.89 Å². The normalized spacial score (nSPS) is 10.6. The Labute approximate surface area is 157 Å². The van der Waals surface area contributed by atoms with E-state index in [2.05, 4.69) is 36.4 Å². The van der Waals surface area contributed by atoms with Gasteiger partial charge in [0.15, 0.2) is 5.82 Å². The van der Waals surface area contributed by atoms with Crippen LogP contribution >= 0.6 is 27.7 Å². The van der Waals surface area contributed by atoms with Crippen LogP contribution in [0.15, 0.2) is 56.6 Å². The van der Waals surface area contributed by atoms with Gasteiger partial charge in [-0.2, -0.15) is 4.98 Å². The fraction of sp³-hybridized carbons (Fsp3) is 0.176. The molecular formula is C17H15BrN4O2S. The maximum absolute atomic E-state index is 12.0. The molecule has 3 rings (SSSR count). The van der Waals surface area contributed by atoms with Crippen molar-refractivity contribution in [2.45, 2.75) is 18.5 Å². The minimum absolute atomic E-state index is 0.0385. The molecule has 0 aliphatic rings. The molecule has 1 amide bonds. The first-order valence-electron chi connectivity index (χ1n) is 7.51. The van der Waals surface area contributed by atoms with Gasteiger partial charge in [0.1, 0.15) is 0 Å². The molecule has 0 atom stereocenters. The summed E-state index contributed by atoms with van der Waals surface area (Å²) in [5.41, 5.74) is 1.80. The van der Waals surface area contributed by atoms with Crippen LogP contribution in [0.1, 0.15) is 11.4 Å². The highest BCUT2D eigenvalue weighted by atomic mass is 79.9. The molecule has 6 nitrogen and oxygen atoms in total. The summed E-state index contributed by atoms with van der Waals surface area (Å²) in [5, 5.41) is 7.41. The summed E-state index contributed by atoms with van der Waals surface area (Å²) in [4.78, 5) is 20.4. The Kier molecular flexibility index (Phi) is 5.83. The Bertz CT molecular complexity index is 867. The van der Waals surface area contributed by atoms with Crippen LogP contribution in [0.2, 0.25) is 0 Å². The van der Waals surface area contributed by atoms with Gasteiger partial charge in [-0.3, -0.25) is 4.79 Å². The van der Waals surface area contributed by atoms with Gasteiger partial charge < -0.3 is 9.84 Å². The number of aromatic nitrogens is 3. The summed E-state index contributed by atoms with van der Waals surface area (Å²) >= 11 is 4.79. The van der Waals surface area contributed by atoms with Crippen LogP contribution in [0.4, 0.5) is 0 Å². The third kappa shape index (κ3) is 5.14. The molecule has 3 aromatic rings. The average molecular weight is 419 g/mol. The number of benzene rings is 1. The number of carbonyl (C=O) groups is 1. The molecule has 0 saturated carbocycles. The second-order valence-corrected chi connectivity index (χ2v) is 7.14. The first kappa shape index (κ1) is 17.6. The first-order valence-corrected chi connectivity index (χ1v) is 9.29. The zero-order chi connectivity index (χ0) is 17.6. The molecule has 1 aromatic carbocycles. The molecule has 2 heterocycles. The minimum Gasteiger partial charge on any atom is -0.351 e. The Hall–Kier alpha value is -2.19. The lowest BCUT2D eigenvalue weighted by Gasteiger charge is -2.05. The zero-order valence-corrected chi connectivity index (χ0v) is 15.8. The van der Waals surface area contributed by atoms with Gasteiger partial charge in [0, 0.05) is 17.2 Å². The monoisotopic (exact) mass is 418 g/mol. The van der Waals surface area contributed by atoms with E-state index in [4.69, 9.17) is 4.52 Å². The van der Waals surface area contributed by atoms with Gasteiger partial charge in [0.05, 0.1) is 16.3 Å². The van der Waals surface area contributed by atoms with E-state index in [-0.39, 0.29) is 5.91 Å². The molecule has 8 heteroatoms. The van der Waals surface area contributed by atoms with Crippen molar-refractivity contribution in [3.8, 4) is 11.5 Å². The van der Waals surface area contributed by atoms with E-state index in [0.29, 0.717) is 24.0 Å². The van der Waals surface area contributed by atoms with E-state index in [0.717, 1.165) is 20.6 Å². The van der Waals surface area contributed by atoms with Crippen molar-refractivity contribution in [1.29, 1.82) is 0 Å². The second kappa shape index (κ2) is 8.26. The van der Waals surface area contributed by atoms with Crippen molar-refractivity contribution >= 4 is 33.6 Å². The topological polar surface area (TPSA) is 80.9 Å². The smallest absolute Gasteiger partial charge is 0.259 e. The number of hydrogen-bond acceptors (Lipinski definition) is 6. The molecule has 0 aliphatic heterocycles. The van der Waals surface area contributed by atoms with Gasteiger partial charge in [-0.1, -0.05) is 45.0 Å². The maximum atomic E-state index is 12.0. The number of carbonyl (C=O) groups excluding carboxylic acids is 1. The third-order valence-corrected chi connectivity index (χ3v) is 4.68. The summed E-state index contributed by atoms with van der Waals surface area (Å²) in [7, 11) is 0. The van der Waals surface area contributed by atoms with Crippen molar-refractivity contribution in [1.82, 2.24) is 20.4 Å². The lowest BCUT2D eigenvalue weighted by Crippen LogP contribution is -2.24. The summed E-state index contributed by atoms with van der Waals surface area (Å²) in [6, 6.07) is 11.5. The standard InChI is InChI=1S/C17H15BrN4O2S/c1-11-21-17(24-22-11)13-5-6-16(20-9-13)25-10-15(23)19-8-12-3-2-4-14(18)7-12/h2-7,9H,8,10H2,1H3,(H,19,23). The highest BCUT2D eigenvalue weighted by Crippen LogP contribution is 2.20. The van der Waals surface area contributed by atoms with Crippen LogP contribution in [-0.4, -0.2) is 26.8 Å². The predicted molar refractivity (Wildman–Crippen MR) is 99.0 cm³/mol. The quantitative estimate of drug-likeness (QED) is 0.615. The predicted octanol–water partition coefficient (Wildman–Crippen LogP) is 3.61. The van der Waals surface area contributed by atoms with E-state index in [1.165, 1.54) is 11.8 Å². The molecule has 0 bridgehead atoms. The fourth-order valence-electron chi connectivity index (χ4n) is 2.04. The average Bonchev–Trinajstić information content (AvgIpc) is 3.05. The SMILES string of the molecule is Cc1noc(-c2ccc(SCC(=O)NCc3cccc(Br)c3)nc2)n1. The highest BCUT2D eigenvalue weighted by Gasteiger charge is 2.08. The number of halogens is 1. The Morgan fingerprint density at radius 3 is 2.88 bits per heavy atom. The van der Waals surface area contributed by atoms with Gasteiger partial charge in [-0.15, -0.1) is 0 Å². The van der Waals surface area contributed by atoms with Crippen LogP contribution in [0.5, 0.6) is 0 Å². The van der Waals surface area contributed by atoms with Gasteiger partial charge in [-0.25, -0.2) is 4.98 Å². The van der Waals surface area contributed by atoms with E-state index < -0.39 is 0 Å². The molecule has 0 saturated heterocycles. The number of amides is 1. The van der Waals surface area contributed by atoms with Crippen LogP contribution in [0.3, 0.4) is 0 Å². The summed E-state index contributed by atoms with van der Waals surface area (Å²) in [6.45, 7) is 2.26. The van der Waals surface area contributed by atoms with E-state index in [1.54, 1.807) is 13.1 Å². The molecule has 25 heavy (non-hydrogen) atoms. The summed E-state index contributed by atoms with van der Waals surface area (Å²) in [6.07, 6.45) is 1.66. The van der Waals surface area contributed by atoms with E-state index in [1.807, 2.05) is 36.4 Å². The van der Waals surface area contributed by atoms with E-state index in [9.17, 15) is 4.79 Å². The molecule has 0 fully saturated rings. The van der Waals surface area contributed by atoms with Crippen molar-refractivity contribution in [3.63, 3.8) is 0 Å². The number of aryl methyl sites for hydroxylation is 1. The third-order valence-electron chi connectivity index (χ3n) is 3.24. The number of pyridine rings is 1. The summed E-state index contributed by atoms with van der Waals surface area (Å²) in [5.74, 6) is 1.28. The number of thioether (sulfide) groups is 1. The first-order chi connectivity index (χ1) is 12.1. The fourth-order valence-corrected chi connectivity index (χ4v) is 3.16. The molecule has 0 radical (unpaired) electrons. The molecule has 0 unspecified atom stereocenters. The molecule has 0 spiro atoms.